The summed E-state index contributed by atoms with van der Waals surface area (Å²) in [5, 5.41) is 2.12. The van der Waals surface area contributed by atoms with Gasteiger partial charge >= 0.3 is 5.97 Å². The molecule has 0 aromatic heterocycles. The van der Waals surface area contributed by atoms with Gasteiger partial charge in [-0.2, -0.15) is 0 Å². The van der Waals surface area contributed by atoms with E-state index in [0.717, 1.165) is 16.7 Å². The first kappa shape index (κ1) is 27.6. The summed E-state index contributed by atoms with van der Waals surface area (Å²) in [6.45, 7) is 5.80. The average Bonchev–Trinajstić information content (AvgIpc) is 3.12. The Hall–Kier alpha value is -3.99. The molecule has 1 aliphatic heterocycles. The molecule has 1 fully saturated rings. The summed E-state index contributed by atoms with van der Waals surface area (Å²) in [4.78, 5) is 50.4. The van der Waals surface area contributed by atoms with Gasteiger partial charge in [0.05, 0.1) is 24.7 Å². The van der Waals surface area contributed by atoms with Crippen LogP contribution in [-0.2, 0) is 19.1 Å². The maximum Gasteiger partial charge on any atom is 0.344 e. The van der Waals surface area contributed by atoms with Gasteiger partial charge in [0.2, 0.25) is 5.91 Å². The zero-order valence-electron chi connectivity index (χ0n) is 20.8. The number of hydrogen-bond acceptors (Lipinski definition) is 9. The van der Waals surface area contributed by atoms with Gasteiger partial charge in [0, 0.05) is 5.69 Å². The fourth-order valence-electron chi connectivity index (χ4n) is 3.27. The lowest BCUT2D eigenvalue weighted by Crippen LogP contribution is -2.36. The van der Waals surface area contributed by atoms with E-state index in [2.05, 4.69) is 5.32 Å². The van der Waals surface area contributed by atoms with Crippen molar-refractivity contribution in [2.45, 2.75) is 20.8 Å². The number of rotatable bonds is 12. The second-order valence-electron chi connectivity index (χ2n) is 7.51. The Bertz CT molecular complexity index is 1180. The summed E-state index contributed by atoms with van der Waals surface area (Å²) in [5.74, 6) is -0.204. The van der Waals surface area contributed by atoms with Crippen molar-refractivity contribution < 1.29 is 38.1 Å². The largest absolute Gasteiger partial charge is 0.494 e. The smallest absolute Gasteiger partial charge is 0.344 e. The quantitative estimate of drug-likeness (QED) is 0.321. The Balaban J connectivity index is 1.66. The van der Waals surface area contributed by atoms with Crippen LogP contribution in [0.5, 0.6) is 17.2 Å². The highest BCUT2D eigenvalue weighted by molar-refractivity contribution is 8.18. The summed E-state index contributed by atoms with van der Waals surface area (Å²) in [5.41, 5.74) is 1.10. The normalized spacial score (nSPS) is 14.0. The first-order valence-electron chi connectivity index (χ1n) is 11.7. The molecule has 0 aliphatic carbocycles. The van der Waals surface area contributed by atoms with Crippen LogP contribution in [0.1, 0.15) is 26.3 Å². The molecule has 0 radical (unpaired) electrons. The van der Waals surface area contributed by atoms with Crippen LogP contribution in [0.15, 0.2) is 47.4 Å². The number of hydrogen-bond donors (Lipinski definition) is 1. The van der Waals surface area contributed by atoms with Crippen molar-refractivity contribution in [1.82, 2.24) is 4.90 Å². The molecule has 196 valence electrons. The van der Waals surface area contributed by atoms with E-state index in [9.17, 15) is 19.2 Å². The van der Waals surface area contributed by atoms with E-state index in [1.165, 1.54) is 6.08 Å². The number of nitrogens with zero attached hydrogens (tertiary/aromatic N) is 1. The molecule has 0 bridgehead atoms. The molecular formula is C26H28N2O8S. The second kappa shape index (κ2) is 13.4. The zero-order chi connectivity index (χ0) is 26.8. The zero-order valence-corrected chi connectivity index (χ0v) is 21.6. The molecule has 2 aromatic carbocycles. The van der Waals surface area contributed by atoms with Crippen LogP contribution in [0.25, 0.3) is 6.08 Å². The number of ether oxygens (including phenoxy) is 4. The molecule has 0 spiro atoms. The van der Waals surface area contributed by atoms with Gasteiger partial charge in [0.1, 0.15) is 12.3 Å². The highest BCUT2D eigenvalue weighted by Gasteiger charge is 2.36. The molecule has 37 heavy (non-hydrogen) atoms. The van der Waals surface area contributed by atoms with Crippen molar-refractivity contribution in [3.05, 3.63) is 52.9 Å². The van der Waals surface area contributed by atoms with E-state index in [1.807, 2.05) is 6.92 Å². The van der Waals surface area contributed by atoms with Crippen LogP contribution in [-0.4, -0.2) is 60.9 Å². The summed E-state index contributed by atoms with van der Waals surface area (Å²) in [6, 6.07) is 11.7. The molecule has 1 aliphatic rings. The van der Waals surface area contributed by atoms with Crippen LogP contribution >= 0.6 is 11.8 Å². The number of imide groups is 1. The topological polar surface area (TPSA) is 120 Å². The molecule has 10 nitrogen and oxygen atoms in total. The third-order valence-electron chi connectivity index (χ3n) is 4.84. The lowest BCUT2D eigenvalue weighted by Gasteiger charge is -2.13. The summed E-state index contributed by atoms with van der Waals surface area (Å²) >= 11 is 0.744. The van der Waals surface area contributed by atoms with E-state index in [1.54, 1.807) is 56.3 Å². The van der Waals surface area contributed by atoms with Gasteiger partial charge in [-0.05, 0) is 80.6 Å². The van der Waals surface area contributed by atoms with Gasteiger partial charge in [-0.25, -0.2) is 4.79 Å². The second-order valence-corrected chi connectivity index (χ2v) is 8.50. The monoisotopic (exact) mass is 528 g/mol. The fraction of sp³-hybridized carbons (Fsp3) is 0.308. The van der Waals surface area contributed by atoms with E-state index in [4.69, 9.17) is 18.9 Å². The number of esters is 1. The SMILES string of the molecule is CCOC(=O)COc1ccc(/C=C2/SC(=O)N(CC(=O)Nc3ccc(OCC)cc3)C2=O)cc1OCC. The Labute approximate surface area is 218 Å². The maximum absolute atomic E-state index is 12.9. The van der Waals surface area contributed by atoms with E-state index < -0.39 is 29.6 Å². The number of thioether (sulfide) groups is 1. The molecule has 3 rings (SSSR count). The highest BCUT2D eigenvalue weighted by Crippen LogP contribution is 2.34. The van der Waals surface area contributed by atoms with Crippen LogP contribution in [0, 0.1) is 0 Å². The molecule has 1 heterocycles. The maximum atomic E-state index is 12.9. The molecule has 11 heteroatoms. The van der Waals surface area contributed by atoms with Crippen molar-refractivity contribution in [2.75, 3.05) is 38.3 Å². The van der Waals surface area contributed by atoms with Gasteiger partial charge < -0.3 is 24.3 Å². The average molecular weight is 529 g/mol. The minimum Gasteiger partial charge on any atom is -0.494 e. The first-order chi connectivity index (χ1) is 17.8. The minimum atomic E-state index is -0.572. The van der Waals surface area contributed by atoms with Gasteiger partial charge in [-0.3, -0.25) is 19.3 Å². The lowest BCUT2D eigenvalue weighted by atomic mass is 10.2. The molecule has 0 atom stereocenters. The van der Waals surface area contributed by atoms with E-state index in [-0.39, 0.29) is 18.1 Å². The van der Waals surface area contributed by atoms with Crippen LogP contribution in [0.2, 0.25) is 0 Å². The van der Waals surface area contributed by atoms with E-state index in [0.29, 0.717) is 41.7 Å². The predicted molar refractivity (Wildman–Crippen MR) is 139 cm³/mol. The van der Waals surface area contributed by atoms with Crippen molar-refractivity contribution in [2.24, 2.45) is 0 Å². The lowest BCUT2D eigenvalue weighted by molar-refractivity contribution is -0.145. The summed E-state index contributed by atoms with van der Waals surface area (Å²) < 4.78 is 21.3. The number of amides is 3. The molecule has 0 saturated carbocycles. The number of anilines is 1. The Morgan fingerprint density at radius 3 is 2.32 bits per heavy atom. The number of carbonyl (C=O) groups excluding carboxylic acids is 4. The van der Waals surface area contributed by atoms with Gasteiger partial charge in [-0.15, -0.1) is 0 Å². The van der Waals surface area contributed by atoms with Crippen LogP contribution in [0.4, 0.5) is 10.5 Å². The fourth-order valence-corrected chi connectivity index (χ4v) is 4.11. The third-order valence-corrected chi connectivity index (χ3v) is 5.75. The van der Waals surface area contributed by atoms with Gasteiger partial charge in [-0.1, -0.05) is 6.07 Å². The van der Waals surface area contributed by atoms with Crippen molar-refractivity contribution in [1.29, 1.82) is 0 Å². The summed E-state index contributed by atoms with van der Waals surface area (Å²) in [7, 11) is 0. The first-order valence-corrected chi connectivity index (χ1v) is 12.5. The molecule has 0 unspecified atom stereocenters. The van der Waals surface area contributed by atoms with Crippen molar-refractivity contribution in [3.8, 4) is 17.2 Å². The van der Waals surface area contributed by atoms with E-state index >= 15 is 0 Å². The molecule has 1 saturated heterocycles. The molecular weight excluding hydrogens is 500 g/mol. The van der Waals surface area contributed by atoms with Gasteiger partial charge in [0.15, 0.2) is 18.1 Å². The Morgan fingerprint density at radius 2 is 1.65 bits per heavy atom. The standard InChI is InChI=1S/C26H28N2O8S/c1-4-33-19-10-8-18(9-11-19)27-23(29)15-28-25(31)22(37-26(28)32)14-17-7-12-20(21(13-17)34-5-2)36-16-24(30)35-6-3/h7-14H,4-6,15-16H2,1-3H3,(H,27,29)/b22-14+. The Kier molecular flexibility index (Phi) is 9.96. The van der Waals surface area contributed by atoms with Crippen molar-refractivity contribution in [3.63, 3.8) is 0 Å². The van der Waals surface area contributed by atoms with Crippen molar-refractivity contribution >= 4 is 46.5 Å². The minimum absolute atomic E-state index is 0.168. The third kappa shape index (κ3) is 7.74. The number of benzene rings is 2. The number of carbonyl (C=O) groups is 4. The predicted octanol–water partition coefficient (Wildman–Crippen LogP) is 4.10. The molecule has 3 amide bonds. The molecule has 1 N–H and O–H groups in total. The van der Waals surface area contributed by atoms with Gasteiger partial charge in [0.25, 0.3) is 11.1 Å². The number of nitrogens with one attached hydrogen (secondary N) is 1. The molecule has 2 aromatic rings. The van der Waals surface area contributed by atoms with Crippen LogP contribution in [0.3, 0.4) is 0 Å². The summed E-state index contributed by atoms with van der Waals surface area (Å²) in [6.07, 6.45) is 1.53. The van der Waals surface area contributed by atoms with Crippen LogP contribution < -0.4 is 19.5 Å². The Morgan fingerprint density at radius 1 is 0.919 bits per heavy atom. The highest BCUT2D eigenvalue weighted by atomic mass is 32.2.